The van der Waals surface area contributed by atoms with Gasteiger partial charge in [-0.3, -0.25) is 0 Å². The molecule has 3 heterocycles. The lowest BCUT2D eigenvalue weighted by atomic mass is 9.94. The van der Waals surface area contributed by atoms with Crippen molar-refractivity contribution in [2.24, 2.45) is 13.0 Å². The van der Waals surface area contributed by atoms with Crippen LogP contribution in [0.25, 0.3) is 0 Å². The van der Waals surface area contributed by atoms with Crippen LogP contribution in [-0.4, -0.2) is 27.6 Å². The third-order valence-corrected chi connectivity index (χ3v) is 4.11. The number of hydrogen-bond donors (Lipinski definition) is 0. The lowest BCUT2D eigenvalue weighted by molar-refractivity contribution is 0.401. The second-order valence-corrected chi connectivity index (χ2v) is 5.75. The Bertz CT molecular complexity index is 575. The fourth-order valence-electron chi connectivity index (χ4n) is 3.00. The van der Waals surface area contributed by atoms with Crippen LogP contribution in [0.3, 0.4) is 0 Å². The van der Waals surface area contributed by atoms with E-state index in [1.807, 2.05) is 12.4 Å². The van der Waals surface area contributed by atoms with Gasteiger partial charge >= 0.3 is 0 Å². The minimum atomic E-state index is 0.673. The van der Waals surface area contributed by atoms with E-state index >= 15 is 0 Å². The van der Waals surface area contributed by atoms with Gasteiger partial charge in [0.2, 0.25) is 0 Å². The lowest BCUT2D eigenvalue weighted by Gasteiger charge is -2.33. The SMILES string of the molecule is Cc1cccc(N2CCC[C@@H](Cc3nccn3C)C2)n1. The van der Waals surface area contributed by atoms with Crippen LogP contribution >= 0.6 is 0 Å². The van der Waals surface area contributed by atoms with Crippen molar-refractivity contribution in [3.05, 3.63) is 42.1 Å². The minimum Gasteiger partial charge on any atom is -0.356 e. The van der Waals surface area contributed by atoms with E-state index in [4.69, 9.17) is 0 Å². The van der Waals surface area contributed by atoms with Gasteiger partial charge in [-0.25, -0.2) is 9.97 Å². The van der Waals surface area contributed by atoms with Crippen LogP contribution < -0.4 is 4.90 Å². The number of piperidine rings is 1. The second kappa shape index (κ2) is 5.65. The summed E-state index contributed by atoms with van der Waals surface area (Å²) in [4.78, 5) is 11.5. The molecule has 1 atom stereocenters. The molecule has 2 aromatic rings. The monoisotopic (exact) mass is 270 g/mol. The Hall–Kier alpha value is -1.84. The van der Waals surface area contributed by atoms with Crippen molar-refractivity contribution in [2.75, 3.05) is 18.0 Å². The van der Waals surface area contributed by atoms with Crippen molar-refractivity contribution < 1.29 is 0 Å². The molecule has 0 N–H and O–H groups in total. The van der Waals surface area contributed by atoms with Crippen LogP contribution in [-0.2, 0) is 13.5 Å². The maximum atomic E-state index is 4.65. The van der Waals surface area contributed by atoms with Gasteiger partial charge in [0.25, 0.3) is 0 Å². The highest BCUT2D eigenvalue weighted by Gasteiger charge is 2.22. The van der Waals surface area contributed by atoms with Crippen molar-refractivity contribution in [1.29, 1.82) is 0 Å². The van der Waals surface area contributed by atoms with E-state index < -0.39 is 0 Å². The molecule has 4 heteroatoms. The van der Waals surface area contributed by atoms with Gasteiger partial charge in [0, 0.05) is 44.6 Å². The predicted molar refractivity (Wildman–Crippen MR) is 80.8 cm³/mol. The largest absolute Gasteiger partial charge is 0.356 e. The first kappa shape index (κ1) is 13.2. The Morgan fingerprint density at radius 2 is 2.25 bits per heavy atom. The fourth-order valence-corrected chi connectivity index (χ4v) is 3.00. The molecule has 106 valence electrons. The van der Waals surface area contributed by atoms with Crippen LogP contribution in [0, 0.1) is 12.8 Å². The zero-order valence-electron chi connectivity index (χ0n) is 12.3. The third kappa shape index (κ3) is 2.84. The van der Waals surface area contributed by atoms with E-state index in [0.29, 0.717) is 5.92 Å². The number of anilines is 1. The van der Waals surface area contributed by atoms with Gasteiger partial charge in [0.1, 0.15) is 11.6 Å². The topological polar surface area (TPSA) is 34.0 Å². The molecule has 0 spiro atoms. The summed E-state index contributed by atoms with van der Waals surface area (Å²) in [6.07, 6.45) is 7.50. The van der Waals surface area contributed by atoms with Crippen LogP contribution in [0.2, 0.25) is 0 Å². The second-order valence-electron chi connectivity index (χ2n) is 5.75. The van der Waals surface area contributed by atoms with Gasteiger partial charge in [-0.15, -0.1) is 0 Å². The predicted octanol–water partition coefficient (Wildman–Crippen LogP) is 2.58. The van der Waals surface area contributed by atoms with E-state index in [1.165, 1.54) is 18.7 Å². The first-order valence-corrected chi connectivity index (χ1v) is 7.37. The van der Waals surface area contributed by atoms with Gasteiger partial charge in [-0.2, -0.15) is 0 Å². The molecule has 1 fully saturated rings. The Balaban J connectivity index is 1.69. The number of rotatable bonds is 3. The normalized spacial score (nSPS) is 19.3. The fraction of sp³-hybridized carbons (Fsp3) is 0.500. The van der Waals surface area contributed by atoms with Gasteiger partial charge in [-0.05, 0) is 37.8 Å². The van der Waals surface area contributed by atoms with Crippen molar-refractivity contribution in [2.45, 2.75) is 26.2 Å². The summed E-state index contributed by atoms with van der Waals surface area (Å²) in [7, 11) is 2.07. The molecule has 1 aliphatic rings. The Morgan fingerprint density at radius 1 is 1.35 bits per heavy atom. The molecular formula is C16H22N4. The summed E-state index contributed by atoms with van der Waals surface area (Å²) >= 11 is 0. The highest BCUT2D eigenvalue weighted by Crippen LogP contribution is 2.24. The quantitative estimate of drug-likeness (QED) is 0.859. The molecule has 3 rings (SSSR count). The van der Waals surface area contributed by atoms with Crippen molar-refractivity contribution in [1.82, 2.24) is 14.5 Å². The molecule has 1 aliphatic heterocycles. The van der Waals surface area contributed by atoms with Crippen molar-refractivity contribution in [3.8, 4) is 0 Å². The first-order valence-electron chi connectivity index (χ1n) is 7.37. The number of nitrogens with zero attached hydrogens (tertiary/aromatic N) is 4. The van der Waals surface area contributed by atoms with Crippen molar-refractivity contribution >= 4 is 5.82 Å². The number of aromatic nitrogens is 3. The molecule has 0 aliphatic carbocycles. The average molecular weight is 270 g/mol. The molecule has 0 bridgehead atoms. The summed E-state index contributed by atoms with van der Waals surface area (Å²) in [6, 6.07) is 6.27. The zero-order valence-corrected chi connectivity index (χ0v) is 12.3. The van der Waals surface area contributed by atoms with Crippen LogP contribution in [0.1, 0.15) is 24.4 Å². The number of pyridine rings is 1. The molecule has 0 unspecified atom stereocenters. The molecule has 20 heavy (non-hydrogen) atoms. The first-order chi connectivity index (χ1) is 9.72. The van der Waals surface area contributed by atoms with E-state index in [2.05, 4.69) is 51.6 Å². The maximum absolute atomic E-state index is 4.65. The summed E-state index contributed by atoms with van der Waals surface area (Å²) in [6.45, 7) is 4.26. The summed E-state index contributed by atoms with van der Waals surface area (Å²) in [5.74, 6) is 2.98. The van der Waals surface area contributed by atoms with E-state index in [9.17, 15) is 0 Å². The summed E-state index contributed by atoms with van der Waals surface area (Å²) < 4.78 is 2.13. The average Bonchev–Trinajstić information content (AvgIpc) is 2.85. The standard InChI is InChI=1S/C16H22N4/c1-13-5-3-7-15(18-13)20-9-4-6-14(12-20)11-16-17-8-10-19(16)2/h3,5,7-8,10,14H,4,6,9,11-12H2,1-2H3/t14-/m0/s1. The molecular weight excluding hydrogens is 248 g/mol. The molecule has 1 saturated heterocycles. The molecule has 0 aromatic carbocycles. The van der Waals surface area contributed by atoms with Gasteiger partial charge in [0.15, 0.2) is 0 Å². The zero-order chi connectivity index (χ0) is 13.9. The Labute approximate surface area is 120 Å². The van der Waals surface area contributed by atoms with E-state index in [-0.39, 0.29) is 0 Å². The van der Waals surface area contributed by atoms with Crippen molar-refractivity contribution in [3.63, 3.8) is 0 Å². The smallest absolute Gasteiger partial charge is 0.128 e. The lowest BCUT2D eigenvalue weighted by Crippen LogP contribution is -2.37. The number of hydrogen-bond acceptors (Lipinski definition) is 3. The van der Waals surface area contributed by atoms with Crippen LogP contribution in [0.4, 0.5) is 5.82 Å². The molecule has 4 nitrogen and oxygen atoms in total. The number of aryl methyl sites for hydroxylation is 2. The van der Waals surface area contributed by atoms with Gasteiger partial charge in [0.05, 0.1) is 0 Å². The van der Waals surface area contributed by atoms with E-state index in [1.54, 1.807) is 0 Å². The van der Waals surface area contributed by atoms with E-state index in [0.717, 1.165) is 31.0 Å². The molecule has 0 saturated carbocycles. The minimum absolute atomic E-state index is 0.673. The highest BCUT2D eigenvalue weighted by atomic mass is 15.2. The summed E-state index contributed by atoms with van der Waals surface area (Å²) in [5, 5.41) is 0. The molecule has 0 amide bonds. The van der Waals surface area contributed by atoms with Crippen LogP contribution in [0.15, 0.2) is 30.6 Å². The molecule has 2 aromatic heterocycles. The number of imidazole rings is 1. The van der Waals surface area contributed by atoms with Gasteiger partial charge in [-0.1, -0.05) is 6.07 Å². The summed E-state index contributed by atoms with van der Waals surface area (Å²) in [5.41, 5.74) is 1.09. The third-order valence-electron chi connectivity index (χ3n) is 4.11. The van der Waals surface area contributed by atoms with Gasteiger partial charge < -0.3 is 9.47 Å². The molecule has 0 radical (unpaired) electrons. The van der Waals surface area contributed by atoms with Crippen LogP contribution in [0.5, 0.6) is 0 Å². The Kier molecular flexibility index (Phi) is 3.72. The Morgan fingerprint density at radius 3 is 3.00 bits per heavy atom. The highest BCUT2D eigenvalue weighted by molar-refractivity contribution is 5.39. The maximum Gasteiger partial charge on any atom is 0.128 e.